The first-order valence-corrected chi connectivity index (χ1v) is 6.67. The molecule has 0 aliphatic carbocycles. The molecule has 0 saturated carbocycles. The van der Waals surface area contributed by atoms with Crippen LogP contribution < -0.4 is 5.32 Å². The number of phenols is 2. The zero-order chi connectivity index (χ0) is 14.6. The molecule has 0 aliphatic rings. The molecule has 1 unspecified atom stereocenters. The number of benzene rings is 1. The number of carbonyl (C=O) groups excluding carboxylic acids is 1. The topological polar surface area (TPSA) is 69.6 Å². The van der Waals surface area contributed by atoms with Gasteiger partial charge in [0.15, 0.2) is 0 Å². The van der Waals surface area contributed by atoms with Crippen molar-refractivity contribution in [2.75, 3.05) is 5.88 Å². The molecule has 0 aliphatic heterocycles. The summed E-state index contributed by atoms with van der Waals surface area (Å²) in [4.78, 5) is 12.1. The van der Waals surface area contributed by atoms with E-state index in [1.807, 2.05) is 20.8 Å². The maximum absolute atomic E-state index is 12.1. The fourth-order valence-corrected chi connectivity index (χ4v) is 2.02. The van der Waals surface area contributed by atoms with Crippen molar-refractivity contribution in [3.63, 3.8) is 0 Å². The smallest absolute Gasteiger partial charge is 0.251 e. The summed E-state index contributed by atoms with van der Waals surface area (Å²) in [6.45, 7) is 6.05. The van der Waals surface area contributed by atoms with Crippen LogP contribution in [0.2, 0.25) is 0 Å². The molecule has 19 heavy (non-hydrogen) atoms. The predicted molar refractivity (Wildman–Crippen MR) is 75.8 cm³/mol. The maximum atomic E-state index is 12.1. The van der Waals surface area contributed by atoms with Crippen LogP contribution in [0.4, 0.5) is 0 Å². The standard InChI is InChI=1S/C14H20ClNO3/c1-14(2,3)12(4-5-15)16-13(19)9-6-10(17)8-11(18)7-9/h6-8,12,17-18H,4-5H2,1-3H3,(H,16,19). The Morgan fingerprint density at radius 1 is 1.26 bits per heavy atom. The van der Waals surface area contributed by atoms with Gasteiger partial charge in [-0.2, -0.15) is 0 Å². The minimum Gasteiger partial charge on any atom is -0.508 e. The molecule has 1 aromatic rings. The van der Waals surface area contributed by atoms with Crippen molar-refractivity contribution in [1.82, 2.24) is 5.32 Å². The van der Waals surface area contributed by atoms with Crippen molar-refractivity contribution in [3.05, 3.63) is 23.8 Å². The normalized spacial score (nSPS) is 13.1. The second-order valence-electron chi connectivity index (χ2n) is 5.61. The Hall–Kier alpha value is -1.42. The summed E-state index contributed by atoms with van der Waals surface area (Å²) in [6, 6.07) is 3.73. The van der Waals surface area contributed by atoms with Crippen LogP contribution in [-0.2, 0) is 0 Å². The van der Waals surface area contributed by atoms with E-state index in [2.05, 4.69) is 5.32 Å². The predicted octanol–water partition coefficient (Wildman–Crippen LogP) is 2.87. The number of hydrogen-bond acceptors (Lipinski definition) is 3. The first-order valence-electron chi connectivity index (χ1n) is 6.14. The van der Waals surface area contributed by atoms with Gasteiger partial charge in [0.2, 0.25) is 0 Å². The molecule has 3 N–H and O–H groups in total. The van der Waals surface area contributed by atoms with Gasteiger partial charge < -0.3 is 15.5 Å². The fraction of sp³-hybridized carbons (Fsp3) is 0.500. The van der Waals surface area contributed by atoms with Gasteiger partial charge >= 0.3 is 0 Å². The second kappa shape index (κ2) is 6.15. The molecule has 0 radical (unpaired) electrons. The highest BCUT2D eigenvalue weighted by Gasteiger charge is 2.26. The molecular formula is C14H20ClNO3. The lowest BCUT2D eigenvalue weighted by atomic mass is 9.85. The molecule has 1 aromatic carbocycles. The molecule has 0 bridgehead atoms. The summed E-state index contributed by atoms with van der Waals surface area (Å²) in [7, 11) is 0. The Kier molecular flexibility index (Phi) is 5.06. The highest BCUT2D eigenvalue weighted by Crippen LogP contribution is 2.24. The van der Waals surface area contributed by atoms with Gasteiger partial charge in [-0.1, -0.05) is 20.8 Å². The summed E-state index contributed by atoms with van der Waals surface area (Å²) >= 11 is 5.75. The molecule has 0 saturated heterocycles. The number of phenolic OH excluding ortho intramolecular Hbond substituents is 2. The molecule has 4 nitrogen and oxygen atoms in total. The van der Waals surface area contributed by atoms with Crippen LogP contribution in [0.5, 0.6) is 11.5 Å². The highest BCUT2D eigenvalue weighted by atomic mass is 35.5. The number of amides is 1. The lowest BCUT2D eigenvalue weighted by Crippen LogP contribution is -2.44. The van der Waals surface area contributed by atoms with Crippen LogP contribution in [0.3, 0.4) is 0 Å². The molecule has 0 heterocycles. The molecule has 1 amide bonds. The molecular weight excluding hydrogens is 266 g/mol. The van der Waals surface area contributed by atoms with Gasteiger partial charge in [-0.25, -0.2) is 0 Å². The first-order chi connectivity index (χ1) is 8.74. The number of aromatic hydroxyl groups is 2. The van der Waals surface area contributed by atoms with E-state index in [1.165, 1.54) is 18.2 Å². The molecule has 1 rings (SSSR count). The van der Waals surface area contributed by atoms with E-state index >= 15 is 0 Å². The Balaban J connectivity index is 2.87. The van der Waals surface area contributed by atoms with Gasteiger partial charge in [-0.05, 0) is 24.0 Å². The highest BCUT2D eigenvalue weighted by molar-refractivity contribution is 6.17. The van der Waals surface area contributed by atoms with Crippen LogP contribution in [-0.4, -0.2) is 28.0 Å². The Morgan fingerprint density at radius 3 is 2.21 bits per heavy atom. The molecule has 0 spiro atoms. The van der Waals surface area contributed by atoms with Crippen molar-refractivity contribution in [2.45, 2.75) is 33.2 Å². The second-order valence-corrected chi connectivity index (χ2v) is 5.99. The summed E-state index contributed by atoms with van der Waals surface area (Å²) in [6.07, 6.45) is 0.654. The van der Waals surface area contributed by atoms with Crippen LogP contribution in [0.1, 0.15) is 37.6 Å². The van der Waals surface area contributed by atoms with Crippen molar-refractivity contribution in [2.24, 2.45) is 5.41 Å². The summed E-state index contributed by atoms with van der Waals surface area (Å²) < 4.78 is 0. The molecule has 5 heteroatoms. The summed E-state index contributed by atoms with van der Waals surface area (Å²) in [5.41, 5.74) is 0.102. The van der Waals surface area contributed by atoms with Crippen molar-refractivity contribution < 1.29 is 15.0 Å². The third-order valence-electron chi connectivity index (χ3n) is 2.91. The van der Waals surface area contributed by atoms with Crippen LogP contribution in [0, 0.1) is 5.41 Å². The summed E-state index contributed by atoms with van der Waals surface area (Å²) in [5.74, 6) is -0.172. The first kappa shape index (κ1) is 15.6. The lowest BCUT2D eigenvalue weighted by molar-refractivity contribution is 0.0899. The van der Waals surface area contributed by atoms with Crippen LogP contribution >= 0.6 is 11.6 Å². The number of carbonyl (C=O) groups is 1. The van der Waals surface area contributed by atoms with Gasteiger partial charge in [0, 0.05) is 23.6 Å². The Morgan fingerprint density at radius 2 is 1.79 bits per heavy atom. The molecule has 1 atom stereocenters. The van der Waals surface area contributed by atoms with E-state index in [9.17, 15) is 15.0 Å². The van der Waals surface area contributed by atoms with Crippen molar-refractivity contribution in [1.29, 1.82) is 0 Å². The van der Waals surface area contributed by atoms with E-state index in [1.54, 1.807) is 0 Å². The maximum Gasteiger partial charge on any atom is 0.251 e. The van der Waals surface area contributed by atoms with Crippen molar-refractivity contribution in [3.8, 4) is 11.5 Å². The zero-order valence-electron chi connectivity index (χ0n) is 11.4. The van der Waals surface area contributed by atoms with Gasteiger partial charge in [0.05, 0.1) is 0 Å². The van der Waals surface area contributed by atoms with Crippen molar-refractivity contribution >= 4 is 17.5 Å². The zero-order valence-corrected chi connectivity index (χ0v) is 12.2. The third-order valence-corrected chi connectivity index (χ3v) is 3.13. The van der Waals surface area contributed by atoms with Gasteiger partial charge in [-0.15, -0.1) is 11.6 Å². The van der Waals surface area contributed by atoms with E-state index in [-0.39, 0.29) is 34.4 Å². The number of halogens is 1. The van der Waals surface area contributed by atoms with Gasteiger partial charge in [0.25, 0.3) is 5.91 Å². The number of nitrogens with one attached hydrogen (secondary N) is 1. The average Bonchev–Trinajstić information content (AvgIpc) is 2.25. The minimum atomic E-state index is -0.337. The van der Waals surface area contributed by atoms with Gasteiger partial charge in [-0.3, -0.25) is 4.79 Å². The fourth-order valence-electron chi connectivity index (χ4n) is 1.80. The molecule has 0 fully saturated rings. The van der Waals surface area contributed by atoms with E-state index < -0.39 is 0 Å². The minimum absolute atomic E-state index is 0.0815. The SMILES string of the molecule is CC(C)(C)C(CCCl)NC(=O)c1cc(O)cc(O)c1. The Labute approximate surface area is 118 Å². The number of hydrogen-bond donors (Lipinski definition) is 3. The van der Waals surface area contributed by atoms with E-state index in [4.69, 9.17) is 11.6 Å². The Bertz CT molecular complexity index is 434. The average molecular weight is 286 g/mol. The number of alkyl halides is 1. The lowest BCUT2D eigenvalue weighted by Gasteiger charge is -2.31. The van der Waals surface area contributed by atoms with Crippen LogP contribution in [0.25, 0.3) is 0 Å². The largest absolute Gasteiger partial charge is 0.508 e. The van der Waals surface area contributed by atoms with E-state index in [0.717, 1.165) is 0 Å². The van der Waals surface area contributed by atoms with Crippen LogP contribution in [0.15, 0.2) is 18.2 Å². The quantitative estimate of drug-likeness (QED) is 0.745. The summed E-state index contributed by atoms with van der Waals surface area (Å²) in [5, 5.41) is 21.6. The monoisotopic (exact) mass is 285 g/mol. The van der Waals surface area contributed by atoms with E-state index in [0.29, 0.717) is 12.3 Å². The molecule has 0 aromatic heterocycles. The third kappa shape index (κ3) is 4.63. The van der Waals surface area contributed by atoms with Gasteiger partial charge in [0.1, 0.15) is 11.5 Å². The number of rotatable bonds is 4. The molecule has 106 valence electrons.